The van der Waals surface area contributed by atoms with E-state index in [9.17, 15) is 18.8 Å². The summed E-state index contributed by atoms with van der Waals surface area (Å²) in [6.45, 7) is 8.06. The number of anilines is 1. The number of ketones is 1. The van der Waals surface area contributed by atoms with E-state index in [2.05, 4.69) is 30.9 Å². The molecule has 0 N–H and O–H groups in total. The van der Waals surface area contributed by atoms with E-state index in [4.69, 9.17) is 0 Å². The van der Waals surface area contributed by atoms with Gasteiger partial charge in [0, 0.05) is 49.7 Å². The molecule has 2 aromatic carbocycles. The van der Waals surface area contributed by atoms with Crippen LogP contribution in [-0.4, -0.2) is 47.3 Å². The zero-order chi connectivity index (χ0) is 24.4. The summed E-state index contributed by atoms with van der Waals surface area (Å²) in [5.41, 5.74) is 4.05. The van der Waals surface area contributed by atoms with Crippen LogP contribution in [0.1, 0.15) is 33.1 Å². The molecule has 1 atom stereocenters. The second-order valence-corrected chi connectivity index (χ2v) is 8.76. The number of nitrogens with zero attached hydrogens (tertiary/aromatic N) is 3. The summed E-state index contributed by atoms with van der Waals surface area (Å²) in [6, 6.07) is 12.9. The second kappa shape index (κ2) is 9.63. The van der Waals surface area contributed by atoms with Gasteiger partial charge in [-0.2, -0.15) is 0 Å². The second-order valence-electron chi connectivity index (χ2n) is 8.76. The minimum absolute atomic E-state index is 0.183. The van der Waals surface area contributed by atoms with Gasteiger partial charge in [0.2, 0.25) is 0 Å². The molecule has 1 saturated heterocycles. The minimum Gasteiger partial charge on any atom is -0.368 e. The largest absolute Gasteiger partial charge is 0.368 e. The molecule has 1 aliphatic heterocycles. The number of aryl methyl sites for hydroxylation is 2. The van der Waals surface area contributed by atoms with Gasteiger partial charge in [-0.25, -0.2) is 4.39 Å². The molecule has 1 aromatic heterocycles. The van der Waals surface area contributed by atoms with Crippen LogP contribution >= 0.6 is 0 Å². The monoisotopic (exact) mass is 461 g/mol. The van der Waals surface area contributed by atoms with Crippen molar-refractivity contribution >= 4 is 17.4 Å². The van der Waals surface area contributed by atoms with Crippen LogP contribution in [0.25, 0.3) is 0 Å². The lowest BCUT2D eigenvalue weighted by atomic mass is 10.0. The maximum absolute atomic E-state index is 13.7. The van der Waals surface area contributed by atoms with E-state index in [-0.39, 0.29) is 5.56 Å². The maximum atomic E-state index is 13.7. The first-order valence-electron chi connectivity index (χ1n) is 11.3. The Morgan fingerprint density at radius 1 is 0.882 bits per heavy atom. The van der Waals surface area contributed by atoms with Gasteiger partial charge in [-0.05, 0) is 67.8 Å². The van der Waals surface area contributed by atoms with Gasteiger partial charge in [0.05, 0.1) is 0 Å². The number of carbonyl (C=O) groups is 2. The van der Waals surface area contributed by atoms with Crippen LogP contribution in [0, 0.1) is 26.6 Å². The smallest absolute Gasteiger partial charge is 0.253 e. The van der Waals surface area contributed by atoms with Crippen molar-refractivity contribution in [2.75, 3.05) is 31.1 Å². The third kappa shape index (κ3) is 4.64. The van der Waals surface area contributed by atoms with Crippen molar-refractivity contribution in [1.29, 1.82) is 0 Å². The summed E-state index contributed by atoms with van der Waals surface area (Å²) >= 11 is 0. The van der Waals surface area contributed by atoms with Crippen molar-refractivity contribution in [3.63, 3.8) is 0 Å². The number of hydrogen-bond acceptors (Lipinski definition) is 4. The Labute approximate surface area is 198 Å². The molecule has 7 heteroatoms. The molecule has 1 aliphatic rings. The van der Waals surface area contributed by atoms with Gasteiger partial charge < -0.3 is 9.80 Å². The van der Waals surface area contributed by atoms with Crippen molar-refractivity contribution < 1.29 is 14.0 Å². The van der Waals surface area contributed by atoms with Gasteiger partial charge in [0.25, 0.3) is 11.5 Å². The molecule has 3 aromatic rings. The maximum Gasteiger partial charge on any atom is 0.253 e. The van der Waals surface area contributed by atoms with Crippen LogP contribution in [0.3, 0.4) is 0 Å². The molecule has 4 rings (SSSR count). The van der Waals surface area contributed by atoms with Crippen molar-refractivity contribution in [2.24, 2.45) is 0 Å². The fourth-order valence-corrected chi connectivity index (χ4v) is 4.36. The Hall–Kier alpha value is -3.74. The Morgan fingerprint density at radius 2 is 1.56 bits per heavy atom. The SMILES string of the molecule is Cc1ccc(=O)n(C(C(=O)c2ccc(F)cc2)C(=O)N2CCN(c3cccc(C)c3C)CC2)c1. The molecule has 34 heavy (non-hydrogen) atoms. The van der Waals surface area contributed by atoms with Crippen LogP contribution in [0.5, 0.6) is 0 Å². The molecule has 1 amide bonds. The van der Waals surface area contributed by atoms with Crippen LogP contribution in [0.4, 0.5) is 10.1 Å². The number of hydrogen-bond donors (Lipinski definition) is 0. The van der Waals surface area contributed by atoms with Crippen molar-refractivity contribution in [3.8, 4) is 0 Å². The van der Waals surface area contributed by atoms with E-state index >= 15 is 0 Å². The Kier molecular flexibility index (Phi) is 6.63. The molecule has 1 fully saturated rings. The summed E-state index contributed by atoms with van der Waals surface area (Å²) in [4.78, 5) is 43.6. The van der Waals surface area contributed by atoms with Gasteiger partial charge in [-0.15, -0.1) is 0 Å². The van der Waals surface area contributed by atoms with E-state index in [0.29, 0.717) is 26.2 Å². The number of carbonyl (C=O) groups excluding carboxylic acids is 2. The highest BCUT2D eigenvalue weighted by atomic mass is 19.1. The minimum atomic E-state index is -1.34. The van der Waals surface area contributed by atoms with Crippen LogP contribution in [0.15, 0.2) is 65.6 Å². The molecule has 0 bridgehead atoms. The molecule has 176 valence electrons. The number of aromatic nitrogens is 1. The lowest BCUT2D eigenvalue weighted by Crippen LogP contribution is -2.52. The highest BCUT2D eigenvalue weighted by molar-refractivity contribution is 6.11. The third-order valence-corrected chi connectivity index (χ3v) is 6.48. The number of halogens is 1. The lowest BCUT2D eigenvalue weighted by Gasteiger charge is -2.38. The summed E-state index contributed by atoms with van der Waals surface area (Å²) in [7, 11) is 0. The lowest BCUT2D eigenvalue weighted by molar-refractivity contribution is -0.133. The van der Waals surface area contributed by atoms with E-state index in [1.807, 2.05) is 6.07 Å². The highest BCUT2D eigenvalue weighted by Crippen LogP contribution is 2.25. The number of rotatable bonds is 5. The molecule has 0 spiro atoms. The number of pyridine rings is 1. The van der Waals surface area contributed by atoms with E-state index in [1.165, 1.54) is 52.2 Å². The summed E-state index contributed by atoms with van der Waals surface area (Å²) < 4.78 is 14.6. The molecule has 6 nitrogen and oxygen atoms in total. The zero-order valence-electron chi connectivity index (χ0n) is 19.6. The summed E-state index contributed by atoms with van der Waals surface area (Å²) in [5.74, 6) is -1.44. The van der Waals surface area contributed by atoms with Gasteiger partial charge in [-0.3, -0.25) is 19.0 Å². The third-order valence-electron chi connectivity index (χ3n) is 6.48. The van der Waals surface area contributed by atoms with Crippen LogP contribution in [-0.2, 0) is 4.79 Å². The molecule has 0 saturated carbocycles. The van der Waals surface area contributed by atoms with Crippen molar-refractivity contribution in [2.45, 2.75) is 26.8 Å². The predicted molar refractivity (Wildman–Crippen MR) is 130 cm³/mol. The standard InChI is InChI=1S/C27H28FN3O3/c1-18-7-12-24(32)31(17-18)25(26(33)21-8-10-22(28)11-9-21)27(34)30-15-13-29(14-16-30)23-6-4-5-19(2)20(23)3/h4-12,17,25H,13-16H2,1-3H3. The number of benzene rings is 2. The molecular weight excluding hydrogens is 433 g/mol. The molecule has 1 unspecified atom stereocenters. The van der Waals surface area contributed by atoms with Crippen LogP contribution in [0.2, 0.25) is 0 Å². The first-order chi connectivity index (χ1) is 16.3. The van der Waals surface area contributed by atoms with Crippen molar-refractivity contribution in [3.05, 3.63) is 99.2 Å². The van der Waals surface area contributed by atoms with E-state index in [1.54, 1.807) is 17.9 Å². The summed E-state index contributed by atoms with van der Waals surface area (Å²) in [6.07, 6.45) is 1.53. The predicted octanol–water partition coefficient (Wildman–Crippen LogP) is 3.69. The summed E-state index contributed by atoms with van der Waals surface area (Å²) in [5, 5.41) is 0. The van der Waals surface area contributed by atoms with Gasteiger partial charge >= 0.3 is 0 Å². The Balaban J connectivity index is 1.62. The topological polar surface area (TPSA) is 62.6 Å². The average molecular weight is 462 g/mol. The fourth-order valence-electron chi connectivity index (χ4n) is 4.36. The fraction of sp³-hybridized carbons (Fsp3) is 0.296. The Bertz CT molecular complexity index is 1280. The highest BCUT2D eigenvalue weighted by Gasteiger charge is 2.35. The number of Topliss-reactive ketones (excluding diaryl/α,β-unsaturated/α-hetero) is 1. The average Bonchev–Trinajstić information content (AvgIpc) is 2.83. The van der Waals surface area contributed by atoms with Gasteiger partial charge in [-0.1, -0.05) is 18.2 Å². The quantitative estimate of drug-likeness (QED) is 0.430. The number of amides is 1. The van der Waals surface area contributed by atoms with Crippen molar-refractivity contribution in [1.82, 2.24) is 9.47 Å². The van der Waals surface area contributed by atoms with E-state index < -0.39 is 29.1 Å². The van der Waals surface area contributed by atoms with Gasteiger partial charge in [0.15, 0.2) is 11.8 Å². The first kappa shape index (κ1) is 23.4. The molecular formula is C27H28FN3O3. The van der Waals surface area contributed by atoms with Crippen LogP contribution < -0.4 is 10.5 Å². The van der Waals surface area contributed by atoms with Gasteiger partial charge in [0.1, 0.15) is 5.82 Å². The zero-order valence-corrected chi connectivity index (χ0v) is 19.6. The molecule has 0 radical (unpaired) electrons. The van der Waals surface area contributed by atoms with E-state index in [0.717, 1.165) is 11.3 Å². The normalized spacial score (nSPS) is 14.7. The number of piperazine rings is 1. The molecule has 2 heterocycles. The molecule has 0 aliphatic carbocycles. The first-order valence-corrected chi connectivity index (χ1v) is 11.3. The Morgan fingerprint density at radius 3 is 2.24 bits per heavy atom.